The van der Waals surface area contributed by atoms with Crippen molar-refractivity contribution < 1.29 is 4.42 Å². The van der Waals surface area contributed by atoms with Crippen molar-refractivity contribution in [2.75, 3.05) is 0 Å². The van der Waals surface area contributed by atoms with Gasteiger partial charge in [0, 0.05) is 16.3 Å². The van der Waals surface area contributed by atoms with E-state index < -0.39 is 0 Å². The summed E-state index contributed by atoms with van der Waals surface area (Å²) >= 11 is 0. The van der Waals surface area contributed by atoms with E-state index in [0.717, 1.165) is 50.0 Å². The molecule has 2 N–H and O–H groups in total. The minimum absolute atomic E-state index is 0.0861. The van der Waals surface area contributed by atoms with Crippen LogP contribution in [0.1, 0.15) is 29.0 Å². The number of benzene rings is 5. The van der Waals surface area contributed by atoms with Crippen LogP contribution < -0.4 is 10.6 Å². The summed E-state index contributed by atoms with van der Waals surface area (Å²) in [5, 5.41) is 9.49. The first-order valence-electron chi connectivity index (χ1n) is 12.5. The number of hydrogen-bond acceptors (Lipinski definition) is 4. The summed E-state index contributed by atoms with van der Waals surface area (Å²) in [6.45, 7) is 0. The fourth-order valence-electron chi connectivity index (χ4n) is 5.15. The molecule has 0 radical (unpaired) electrons. The van der Waals surface area contributed by atoms with Gasteiger partial charge in [-0.3, -0.25) is 5.32 Å². The van der Waals surface area contributed by atoms with Crippen molar-refractivity contribution in [1.29, 1.82) is 0 Å². The molecule has 1 aliphatic rings. The summed E-state index contributed by atoms with van der Waals surface area (Å²) in [5.74, 6) is 0.849. The van der Waals surface area contributed by atoms with Crippen molar-refractivity contribution in [2.45, 2.75) is 12.3 Å². The third-order valence-corrected chi connectivity index (χ3v) is 6.97. The Morgan fingerprint density at radius 2 is 1.30 bits per heavy atom. The average molecular weight is 480 g/mol. The van der Waals surface area contributed by atoms with E-state index in [4.69, 9.17) is 9.41 Å². The smallest absolute Gasteiger partial charge is 0.136 e. The van der Waals surface area contributed by atoms with Crippen molar-refractivity contribution >= 4 is 27.8 Å². The van der Waals surface area contributed by atoms with Crippen LogP contribution in [-0.2, 0) is 0 Å². The maximum absolute atomic E-state index is 6.37. The van der Waals surface area contributed by atoms with Gasteiger partial charge in [-0.1, -0.05) is 109 Å². The topological polar surface area (TPSA) is 49.6 Å². The van der Waals surface area contributed by atoms with E-state index in [1.54, 1.807) is 0 Å². The zero-order chi connectivity index (χ0) is 24.6. The Morgan fingerprint density at radius 1 is 0.595 bits per heavy atom. The highest BCUT2D eigenvalue weighted by Crippen LogP contribution is 2.35. The monoisotopic (exact) mass is 479 g/mol. The van der Waals surface area contributed by atoms with Gasteiger partial charge in [-0.2, -0.15) is 0 Å². The molecule has 0 saturated carbocycles. The number of fused-ring (bicyclic) bond motifs is 3. The molecule has 0 aliphatic carbocycles. The van der Waals surface area contributed by atoms with E-state index in [1.807, 2.05) is 30.3 Å². The van der Waals surface area contributed by atoms with Gasteiger partial charge in [-0.25, -0.2) is 4.99 Å². The third kappa shape index (κ3) is 3.98. The predicted octanol–water partition coefficient (Wildman–Crippen LogP) is 7.59. The van der Waals surface area contributed by atoms with Gasteiger partial charge in [0.05, 0.1) is 0 Å². The number of furan rings is 1. The highest BCUT2D eigenvalue weighted by Gasteiger charge is 2.27. The molecular weight excluding hydrogens is 454 g/mol. The standard InChI is InChI=1S/C33H25N3O/c1-4-11-22(12-5-1)25-19-20-26-29(21-25)37-28-18-10-17-27(30(26)28)33-35-31(23-13-6-2-7-14-23)34-32(36-33)24-15-8-3-9-16-24/h1-21,31-32,34H,(H,35,36). The maximum atomic E-state index is 6.37. The Labute approximate surface area is 215 Å². The van der Waals surface area contributed by atoms with E-state index in [0.29, 0.717) is 0 Å². The molecule has 0 fully saturated rings. The molecule has 0 spiro atoms. The Kier molecular flexibility index (Phi) is 5.30. The molecule has 4 nitrogen and oxygen atoms in total. The molecule has 2 unspecified atom stereocenters. The highest BCUT2D eigenvalue weighted by molar-refractivity contribution is 6.18. The van der Waals surface area contributed by atoms with Crippen LogP contribution in [0.25, 0.3) is 33.1 Å². The van der Waals surface area contributed by atoms with Crippen molar-refractivity contribution in [2.24, 2.45) is 4.99 Å². The van der Waals surface area contributed by atoms with Gasteiger partial charge in [-0.05, 0) is 40.5 Å². The lowest BCUT2D eigenvalue weighted by molar-refractivity contribution is 0.409. The van der Waals surface area contributed by atoms with Gasteiger partial charge in [0.15, 0.2) is 0 Å². The largest absolute Gasteiger partial charge is 0.456 e. The van der Waals surface area contributed by atoms with Crippen LogP contribution in [0, 0.1) is 0 Å². The molecule has 0 bridgehead atoms. The Hall–Kier alpha value is -4.67. The second kappa shape index (κ2) is 9.08. The molecule has 4 heteroatoms. The first-order valence-corrected chi connectivity index (χ1v) is 12.5. The van der Waals surface area contributed by atoms with Gasteiger partial charge in [0.2, 0.25) is 0 Å². The molecule has 5 aromatic carbocycles. The molecule has 2 heterocycles. The zero-order valence-electron chi connectivity index (χ0n) is 20.1. The number of amidine groups is 1. The van der Waals surface area contributed by atoms with Gasteiger partial charge >= 0.3 is 0 Å². The Balaban J connectivity index is 1.37. The summed E-state index contributed by atoms with van der Waals surface area (Å²) < 4.78 is 6.37. The first kappa shape index (κ1) is 21.6. The lowest BCUT2D eigenvalue weighted by Crippen LogP contribution is -2.45. The van der Waals surface area contributed by atoms with Crippen molar-refractivity contribution in [1.82, 2.24) is 10.6 Å². The quantitative estimate of drug-likeness (QED) is 0.274. The maximum Gasteiger partial charge on any atom is 0.136 e. The van der Waals surface area contributed by atoms with Crippen LogP contribution >= 0.6 is 0 Å². The number of aliphatic imine (C=N–C) groups is 1. The van der Waals surface area contributed by atoms with Gasteiger partial charge < -0.3 is 9.73 Å². The van der Waals surface area contributed by atoms with Crippen molar-refractivity contribution in [3.05, 3.63) is 144 Å². The number of rotatable bonds is 4. The van der Waals surface area contributed by atoms with E-state index >= 15 is 0 Å². The molecule has 1 aromatic heterocycles. The van der Waals surface area contributed by atoms with Crippen LogP contribution in [-0.4, -0.2) is 5.84 Å². The molecule has 1 aliphatic heterocycles. The van der Waals surface area contributed by atoms with Gasteiger partial charge in [-0.15, -0.1) is 0 Å². The second-order valence-corrected chi connectivity index (χ2v) is 9.30. The third-order valence-electron chi connectivity index (χ3n) is 6.97. The molecule has 37 heavy (non-hydrogen) atoms. The normalized spacial score (nSPS) is 17.5. The van der Waals surface area contributed by atoms with E-state index in [1.165, 1.54) is 5.56 Å². The molecule has 0 amide bonds. The fraction of sp³-hybridized carbons (Fsp3) is 0.0606. The van der Waals surface area contributed by atoms with E-state index in [-0.39, 0.29) is 12.3 Å². The average Bonchev–Trinajstić information content (AvgIpc) is 3.36. The van der Waals surface area contributed by atoms with Crippen molar-refractivity contribution in [3.63, 3.8) is 0 Å². The van der Waals surface area contributed by atoms with E-state index in [2.05, 4.69) is 108 Å². The fourth-order valence-corrected chi connectivity index (χ4v) is 5.15. The lowest BCUT2D eigenvalue weighted by atomic mass is 10.0. The summed E-state index contributed by atoms with van der Waals surface area (Å²) in [4.78, 5) is 5.15. The van der Waals surface area contributed by atoms with Crippen LogP contribution in [0.4, 0.5) is 0 Å². The van der Waals surface area contributed by atoms with Crippen LogP contribution in [0.2, 0.25) is 0 Å². The summed E-state index contributed by atoms with van der Waals surface area (Å²) in [7, 11) is 0. The van der Waals surface area contributed by atoms with Crippen LogP contribution in [0.3, 0.4) is 0 Å². The minimum atomic E-state index is -0.180. The SMILES string of the molecule is c1ccc(-c2ccc3c(c2)oc2cccc(C4=NC(c5ccccc5)NC(c5ccccc5)N4)c23)cc1. The molecule has 7 rings (SSSR count). The minimum Gasteiger partial charge on any atom is -0.456 e. The Morgan fingerprint density at radius 3 is 2.05 bits per heavy atom. The molecule has 2 atom stereocenters. The highest BCUT2D eigenvalue weighted by atomic mass is 16.3. The number of hydrogen-bond donors (Lipinski definition) is 2. The van der Waals surface area contributed by atoms with E-state index in [9.17, 15) is 0 Å². The van der Waals surface area contributed by atoms with Crippen molar-refractivity contribution in [3.8, 4) is 11.1 Å². The number of nitrogens with zero attached hydrogens (tertiary/aromatic N) is 1. The summed E-state index contributed by atoms with van der Waals surface area (Å²) in [5.41, 5.74) is 7.36. The molecular formula is C33H25N3O. The first-order chi connectivity index (χ1) is 18.3. The second-order valence-electron chi connectivity index (χ2n) is 9.30. The predicted molar refractivity (Wildman–Crippen MR) is 150 cm³/mol. The summed E-state index contributed by atoms with van der Waals surface area (Å²) in [6.07, 6.45) is -0.266. The lowest BCUT2D eigenvalue weighted by Gasteiger charge is -2.32. The zero-order valence-corrected chi connectivity index (χ0v) is 20.1. The number of nitrogens with one attached hydrogen (secondary N) is 2. The van der Waals surface area contributed by atoms with Gasteiger partial charge in [0.25, 0.3) is 0 Å². The molecule has 6 aromatic rings. The summed E-state index contributed by atoms with van der Waals surface area (Å²) in [6, 6.07) is 43.9. The Bertz CT molecular complexity index is 1720. The molecule has 0 saturated heterocycles. The van der Waals surface area contributed by atoms with Crippen LogP contribution in [0.15, 0.2) is 137 Å². The van der Waals surface area contributed by atoms with Gasteiger partial charge in [0.1, 0.15) is 29.3 Å². The molecule has 178 valence electrons. The van der Waals surface area contributed by atoms with Crippen LogP contribution in [0.5, 0.6) is 0 Å².